The summed E-state index contributed by atoms with van der Waals surface area (Å²) in [7, 11) is -0.738. The van der Waals surface area contributed by atoms with Crippen LogP contribution in [0.1, 0.15) is 0 Å². The molecular weight excluding hydrogens is 244 g/mol. The maximum absolute atomic E-state index is 11.9. The molecule has 0 fully saturated rings. The number of nitrogens with one attached hydrogen (secondary N) is 1. The zero-order chi connectivity index (χ0) is 13.1. The van der Waals surface area contributed by atoms with Crippen LogP contribution in [-0.4, -0.2) is 44.4 Å². The molecule has 2 N–H and O–H groups in total. The van der Waals surface area contributed by atoms with Crippen molar-refractivity contribution in [1.29, 1.82) is 0 Å². The SMILES string of the molecule is CN(C)S(=O)(=O)c1ccccc1NCC(=O)O. The van der Waals surface area contributed by atoms with Crippen molar-refractivity contribution < 1.29 is 18.3 Å². The van der Waals surface area contributed by atoms with Gasteiger partial charge in [-0.05, 0) is 12.1 Å². The molecule has 0 amide bonds. The lowest BCUT2D eigenvalue weighted by atomic mass is 10.3. The van der Waals surface area contributed by atoms with Gasteiger partial charge in [0.15, 0.2) is 0 Å². The van der Waals surface area contributed by atoms with Crippen LogP contribution in [0.15, 0.2) is 29.2 Å². The Morgan fingerprint density at radius 2 is 1.94 bits per heavy atom. The van der Waals surface area contributed by atoms with Crippen molar-refractivity contribution >= 4 is 21.7 Å². The Bertz CT molecular complexity index is 511. The number of aliphatic carboxylic acids is 1. The minimum absolute atomic E-state index is 0.0613. The fourth-order valence-corrected chi connectivity index (χ4v) is 2.27. The van der Waals surface area contributed by atoms with Gasteiger partial charge < -0.3 is 10.4 Å². The molecule has 17 heavy (non-hydrogen) atoms. The van der Waals surface area contributed by atoms with Crippen molar-refractivity contribution in [1.82, 2.24) is 4.31 Å². The molecule has 0 bridgehead atoms. The van der Waals surface area contributed by atoms with E-state index in [0.717, 1.165) is 4.31 Å². The molecular formula is C10H14N2O4S. The van der Waals surface area contributed by atoms with Crippen LogP contribution >= 0.6 is 0 Å². The third kappa shape index (κ3) is 3.18. The second-order valence-corrected chi connectivity index (χ2v) is 5.65. The number of carbonyl (C=O) groups is 1. The molecule has 1 aromatic carbocycles. The van der Waals surface area contributed by atoms with Crippen LogP contribution in [0.5, 0.6) is 0 Å². The summed E-state index contributed by atoms with van der Waals surface area (Å²) in [6, 6.07) is 6.18. The van der Waals surface area contributed by atoms with E-state index in [1.807, 2.05) is 0 Å². The van der Waals surface area contributed by atoms with Crippen LogP contribution in [-0.2, 0) is 14.8 Å². The molecule has 0 spiro atoms. The fraction of sp³-hybridized carbons (Fsp3) is 0.300. The van der Waals surface area contributed by atoms with E-state index in [1.165, 1.54) is 26.2 Å². The highest BCUT2D eigenvalue weighted by Crippen LogP contribution is 2.22. The van der Waals surface area contributed by atoms with Gasteiger partial charge in [-0.2, -0.15) is 0 Å². The summed E-state index contributed by atoms with van der Waals surface area (Å²) >= 11 is 0. The van der Waals surface area contributed by atoms with Crippen molar-refractivity contribution in [3.63, 3.8) is 0 Å². The molecule has 0 atom stereocenters. The molecule has 6 nitrogen and oxygen atoms in total. The summed E-state index contributed by atoms with van der Waals surface area (Å²) in [6.45, 7) is -0.333. The van der Waals surface area contributed by atoms with Crippen LogP contribution in [0, 0.1) is 0 Å². The van der Waals surface area contributed by atoms with E-state index in [-0.39, 0.29) is 17.1 Å². The number of carboxylic acids is 1. The summed E-state index contributed by atoms with van der Waals surface area (Å²) in [5.41, 5.74) is 0.281. The molecule has 0 aliphatic rings. The minimum Gasteiger partial charge on any atom is -0.480 e. The van der Waals surface area contributed by atoms with Crippen LogP contribution < -0.4 is 5.32 Å². The number of sulfonamides is 1. The molecule has 0 heterocycles. The van der Waals surface area contributed by atoms with Crippen molar-refractivity contribution in [2.24, 2.45) is 0 Å². The molecule has 0 aromatic heterocycles. The van der Waals surface area contributed by atoms with Gasteiger partial charge in [-0.25, -0.2) is 12.7 Å². The Morgan fingerprint density at radius 3 is 2.47 bits per heavy atom. The van der Waals surface area contributed by atoms with E-state index in [2.05, 4.69) is 5.32 Å². The number of anilines is 1. The standard InChI is InChI=1S/C10H14N2O4S/c1-12(2)17(15,16)9-6-4-3-5-8(9)11-7-10(13)14/h3-6,11H,7H2,1-2H3,(H,13,14). The Morgan fingerprint density at radius 1 is 1.35 bits per heavy atom. The van der Waals surface area contributed by atoms with Gasteiger partial charge >= 0.3 is 5.97 Å². The predicted octanol–water partition coefficient (Wildman–Crippen LogP) is 0.433. The van der Waals surface area contributed by atoms with E-state index in [9.17, 15) is 13.2 Å². The first-order valence-electron chi connectivity index (χ1n) is 4.83. The summed E-state index contributed by atoms with van der Waals surface area (Å²) in [5.74, 6) is -1.05. The molecule has 0 aliphatic carbocycles. The van der Waals surface area contributed by atoms with Crippen LogP contribution in [0.2, 0.25) is 0 Å². The predicted molar refractivity (Wildman–Crippen MR) is 63.4 cm³/mol. The van der Waals surface area contributed by atoms with Crippen molar-refractivity contribution in [3.05, 3.63) is 24.3 Å². The number of hydrogen-bond donors (Lipinski definition) is 2. The van der Waals surface area contributed by atoms with E-state index >= 15 is 0 Å². The Balaban J connectivity index is 3.12. The number of para-hydroxylation sites is 1. The minimum atomic E-state index is -3.58. The van der Waals surface area contributed by atoms with Gasteiger partial charge in [0.1, 0.15) is 11.4 Å². The number of nitrogens with zero attached hydrogens (tertiary/aromatic N) is 1. The van der Waals surface area contributed by atoms with Gasteiger partial charge in [-0.1, -0.05) is 12.1 Å². The third-order valence-electron chi connectivity index (χ3n) is 2.08. The zero-order valence-corrected chi connectivity index (χ0v) is 10.4. The van der Waals surface area contributed by atoms with E-state index in [4.69, 9.17) is 5.11 Å². The molecule has 0 aliphatic heterocycles. The second kappa shape index (κ2) is 5.15. The highest BCUT2D eigenvalue weighted by atomic mass is 32.2. The molecule has 1 aromatic rings. The average molecular weight is 258 g/mol. The molecule has 1 rings (SSSR count). The second-order valence-electron chi connectivity index (χ2n) is 3.53. The molecule has 0 radical (unpaired) electrons. The largest absolute Gasteiger partial charge is 0.480 e. The first-order valence-corrected chi connectivity index (χ1v) is 6.27. The van der Waals surface area contributed by atoms with Gasteiger partial charge in [0, 0.05) is 14.1 Å². The maximum Gasteiger partial charge on any atom is 0.322 e. The summed E-state index contributed by atoms with van der Waals surface area (Å²) in [5, 5.41) is 11.1. The smallest absolute Gasteiger partial charge is 0.322 e. The van der Waals surface area contributed by atoms with Crippen molar-refractivity contribution in [2.75, 3.05) is 26.0 Å². The Hall–Kier alpha value is -1.60. The summed E-state index contributed by atoms with van der Waals surface area (Å²) < 4.78 is 24.9. The van der Waals surface area contributed by atoms with Crippen LogP contribution in [0.3, 0.4) is 0 Å². The number of hydrogen-bond acceptors (Lipinski definition) is 4. The molecule has 7 heteroatoms. The van der Waals surface area contributed by atoms with E-state index in [0.29, 0.717) is 0 Å². The number of carboxylic acid groups (broad SMARTS) is 1. The molecule has 94 valence electrons. The lowest BCUT2D eigenvalue weighted by Crippen LogP contribution is -2.24. The highest BCUT2D eigenvalue weighted by molar-refractivity contribution is 7.89. The fourth-order valence-electron chi connectivity index (χ4n) is 1.21. The first kappa shape index (κ1) is 13.5. The van der Waals surface area contributed by atoms with Crippen molar-refractivity contribution in [2.45, 2.75) is 4.90 Å². The van der Waals surface area contributed by atoms with E-state index in [1.54, 1.807) is 12.1 Å². The maximum atomic E-state index is 11.9. The Kier molecular flexibility index (Phi) is 4.08. The normalized spacial score (nSPS) is 11.5. The first-order chi connectivity index (χ1) is 7.85. The van der Waals surface area contributed by atoms with Crippen LogP contribution in [0.25, 0.3) is 0 Å². The lowest BCUT2D eigenvalue weighted by molar-refractivity contribution is -0.134. The molecule has 0 unspecified atom stereocenters. The third-order valence-corrected chi connectivity index (χ3v) is 3.95. The number of benzene rings is 1. The molecule has 0 saturated heterocycles. The highest BCUT2D eigenvalue weighted by Gasteiger charge is 2.20. The topological polar surface area (TPSA) is 86.7 Å². The monoisotopic (exact) mass is 258 g/mol. The van der Waals surface area contributed by atoms with Crippen LogP contribution in [0.4, 0.5) is 5.69 Å². The van der Waals surface area contributed by atoms with Gasteiger partial charge in [-0.3, -0.25) is 4.79 Å². The summed E-state index contributed by atoms with van der Waals surface area (Å²) in [4.78, 5) is 10.5. The van der Waals surface area contributed by atoms with Gasteiger partial charge in [0.05, 0.1) is 5.69 Å². The van der Waals surface area contributed by atoms with Gasteiger partial charge in [0.2, 0.25) is 10.0 Å². The number of rotatable bonds is 5. The average Bonchev–Trinajstić information content (AvgIpc) is 2.26. The zero-order valence-electron chi connectivity index (χ0n) is 9.54. The summed E-state index contributed by atoms with van der Waals surface area (Å²) in [6.07, 6.45) is 0. The lowest BCUT2D eigenvalue weighted by Gasteiger charge is -2.15. The van der Waals surface area contributed by atoms with E-state index < -0.39 is 16.0 Å². The van der Waals surface area contributed by atoms with Gasteiger partial charge in [0.25, 0.3) is 0 Å². The molecule has 0 saturated carbocycles. The quantitative estimate of drug-likeness (QED) is 0.800. The van der Waals surface area contributed by atoms with Gasteiger partial charge in [-0.15, -0.1) is 0 Å². The Labute approximate surface area is 99.9 Å². The van der Waals surface area contributed by atoms with Crippen molar-refractivity contribution in [3.8, 4) is 0 Å².